The number of hydrogen-bond donors (Lipinski definition) is 0. The van der Waals surface area contributed by atoms with Crippen molar-refractivity contribution in [2.75, 3.05) is 16.8 Å². The summed E-state index contributed by atoms with van der Waals surface area (Å²) in [6.07, 6.45) is 0.0120. The molecule has 0 aliphatic carbocycles. The van der Waals surface area contributed by atoms with Crippen molar-refractivity contribution in [3.8, 4) is 5.75 Å². The first-order valence-electron chi connectivity index (χ1n) is 10.3. The number of rotatable bonds is 6. The van der Waals surface area contributed by atoms with Gasteiger partial charge in [-0.15, -0.1) is 0 Å². The fourth-order valence-corrected chi connectivity index (χ4v) is 3.69. The third-order valence-corrected chi connectivity index (χ3v) is 5.12. The van der Waals surface area contributed by atoms with Crippen LogP contribution in [0.15, 0.2) is 84.6 Å². The second-order valence-electron chi connectivity index (χ2n) is 7.73. The summed E-state index contributed by atoms with van der Waals surface area (Å²) in [5, 5.41) is 0. The Balaban J connectivity index is 1.83. The first kappa shape index (κ1) is 21.3. The number of nitrogens with zero attached hydrogens (tertiary/aromatic N) is 2. The van der Waals surface area contributed by atoms with Crippen LogP contribution in [0.4, 0.5) is 15.8 Å². The van der Waals surface area contributed by atoms with E-state index >= 15 is 0 Å². The van der Waals surface area contributed by atoms with Crippen molar-refractivity contribution in [1.82, 2.24) is 0 Å². The molecule has 2 amide bonds. The van der Waals surface area contributed by atoms with E-state index in [0.717, 1.165) is 10.6 Å². The van der Waals surface area contributed by atoms with E-state index in [0.29, 0.717) is 11.3 Å². The van der Waals surface area contributed by atoms with Gasteiger partial charge in [0.2, 0.25) is 0 Å². The lowest BCUT2D eigenvalue weighted by Crippen LogP contribution is -2.34. The normalized spacial score (nSPS) is 13.8. The summed E-state index contributed by atoms with van der Waals surface area (Å²) in [7, 11) is 1.74. The van der Waals surface area contributed by atoms with Gasteiger partial charge in [-0.3, -0.25) is 9.59 Å². The molecule has 0 spiro atoms. The highest BCUT2D eigenvalue weighted by molar-refractivity contribution is 6.46. The minimum atomic E-state index is -0.523. The number of hydrogen-bond acceptors (Lipinski definition) is 4. The average Bonchev–Trinajstić information content (AvgIpc) is 3.04. The minimum absolute atomic E-state index is 0.0120. The van der Waals surface area contributed by atoms with Crippen molar-refractivity contribution in [3.63, 3.8) is 0 Å². The Labute approximate surface area is 186 Å². The van der Waals surface area contributed by atoms with Gasteiger partial charge in [-0.1, -0.05) is 36.4 Å². The quantitative estimate of drug-likeness (QED) is 0.515. The van der Waals surface area contributed by atoms with E-state index in [2.05, 4.69) is 0 Å². The maximum Gasteiger partial charge on any atom is 0.282 e. The van der Waals surface area contributed by atoms with Crippen LogP contribution in [0.2, 0.25) is 0 Å². The molecular weight excluding hydrogens is 407 g/mol. The summed E-state index contributed by atoms with van der Waals surface area (Å²) < 4.78 is 19.6. The molecule has 0 fully saturated rings. The number of carbonyl (C=O) groups is 2. The topological polar surface area (TPSA) is 49.9 Å². The fraction of sp³-hybridized carbons (Fsp3) is 0.154. The summed E-state index contributed by atoms with van der Waals surface area (Å²) >= 11 is 0. The number of benzene rings is 3. The molecule has 0 bridgehead atoms. The predicted molar refractivity (Wildman–Crippen MR) is 123 cm³/mol. The van der Waals surface area contributed by atoms with E-state index in [-0.39, 0.29) is 23.1 Å². The molecule has 0 N–H and O–H groups in total. The monoisotopic (exact) mass is 430 g/mol. The molecule has 3 aromatic carbocycles. The largest absolute Gasteiger partial charge is 0.491 e. The van der Waals surface area contributed by atoms with Crippen LogP contribution in [0.3, 0.4) is 0 Å². The number of imide groups is 1. The second kappa shape index (κ2) is 8.67. The molecule has 1 aliphatic heterocycles. The molecule has 3 aromatic rings. The van der Waals surface area contributed by atoms with Crippen LogP contribution in [0, 0.1) is 5.82 Å². The highest BCUT2D eigenvalue weighted by atomic mass is 19.1. The number of para-hydroxylation sites is 1. The number of carbonyl (C=O) groups excluding carboxylic acids is 2. The first-order valence-corrected chi connectivity index (χ1v) is 10.3. The molecule has 4 rings (SSSR count). The maximum absolute atomic E-state index is 13.9. The molecular formula is C26H23FN2O3. The molecule has 0 atom stereocenters. The lowest BCUT2D eigenvalue weighted by atomic mass is 10.0. The van der Waals surface area contributed by atoms with Crippen molar-refractivity contribution in [1.29, 1.82) is 0 Å². The summed E-state index contributed by atoms with van der Waals surface area (Å²) in [5.74, 6) is -0.869. The molecule has 0 radical (unpaired) electrons. The Morgan fingerprint density at radius 3 is 2.19 bits per heavy atom. The minimum Gasteiger partial charge on any atom is -0.491 e. The smallest absolute Gasteiger partial charge is 0.282 e. The number of halogens is 1. The average molecular weight is 430 g/mol. The van der Waals surface area contributed by atoms with Gasteiger partial charge < -0.3 is 9.64 Å². The van der Waals surface area contributed by atoms with Crippen LogP contribution in [-0.2, 0) is 9.59 Å². The third kappa shape index (κ3) is 3.99. The van der Waals surface area contributed by atoms with Gasteiger partial charge in [-0.2, -0.15) is 0 Å². The molecule has 0 saturated carbocycles. The van der Waals surface area contributed by atoms with Crippen LogP contribution in [0.5, 0.6) is 5.75 Å². The lowest BCUT2D eigenvalue weighted by molar-refractivity contribution is -0.120. The molecule has 162 valence electrons. The molecule has 1 heterocycles. The Morgan fingerprint density at radius 2 is 1.56 bits per heavy atom. The van der Waals surface area contributed by atoms with Gasteiger partial charge in [-0.25, -0.2) is 9.29 Å². The van der Waals surface area contributed by atoms with Gasteiger partial charge in [0, 0.05) is 12.7 Å². The van der Waals surface area contributed by atoms with E-state index in [4.69, 9.17) is 4.74 Å². The standard InChI is InChI=1S/C26H23FN2O3/c1-17(2)32-22-14-12-18(13-15-22)23-24(28(3)20-9-5-4-6-10-20)26(31)29(25(23)30)21-11-7-8-19(27)16-21/h4-17H,1-3H3. The SMILES string of the molecule is CC(C)Oc1ccc(C2=C(N(C)c3ccccc3)C(=O)N(c3cccc(F)c3)C2=O)cc1. The van der Waals surface area contributed by atoms with E-state index in [1.54, 1.807) is 42.3 Å². The number of anilines is 2. The van der Waals surface area contributed by atoms with E-state index < -0.39 is 17.6 Å². The molecule has 0 aromatic heterocycles. The highest BCUT2D eigenvalue weighted by Gasteiger charge is 2.42. The molecule has 32 heavy (non-hydrogen) atoms. The van der Waals surface area contributed by atoms with Crippen molar-refractivity contribution < 1.29 is 18.7 Å². The van der Waals surface area contributed by atoms with Gasteiger partial charge in [0.15, 0.2) is 0 Å². The Hall–Kier alpha value is -3.93. The zero-order valence-corrected chi connectivity index (χ0v) is 18.1. The van der Waals surface area contributed by atoms with Crippen molar-refractivity contribution in [2.24, 2.45) is 0 Å². The molecule has 0 saturated heterocycles. The van der Waals surface area contributed by atoms with E-state index in [9.17, 15) is 14.0 Å². The number of amides is 2. The Kier molecular flexibility index (Phi) is 5.77. The summed E-state index contributed by atoms with van der Waals surface area (Å²) in [5.41, 5.74) is 2.00. The number of ether oxygens (including phenoxy) is 1. The Bertz CT molecular complexity index is 1190. The van der Waals surface area contributed by atoms with E-state index in [1.165, 1.54) is 18.2 Å². The second-order valence-corrected chi connectivity index (χ2v) is 7.73. The zero-order valence-electron chi connectivity index (χ0n) is 18.1. The molecule has 5 nitrogen and oxygen atoms in total. The molecule has 6 heteroatoms. The van der Waals surface area contributed by atoms with Crippen LogP contribution in [0.1, 0.15) is 19.4 Å². The van der Waals surface area contributed by atoms with Crippen LogP contribution < -0.4 is 14.5 Å². The van der Waals surface area contributed by atoms with Gasteiger partial charge in [0.1, 0.15) is 17.3 Å². The van der Waals surface area contributed by atoms with Crippen molar-refractivity contribution in [2.45, 2.75) is 20.0 Å². The van der Waals surface area contributed by atoms with Gasteiger partial charge in [0.05, 0.1) is 17.4 Å². The summed E-state index contributed by atoms with van der Waals surface area (Å²) in [4.78, 5) is 29.7. The first-order chi connectivity index (χ1) is 15.4. The van der Waals surface area contributed by atoms with Gasteiger partial charge in [0.25, 0.3) is 11.8 Å². The summed E-state index contributed by atoms with van der Waals surface area (Å²) in [6.45, 7) is 3.86. The Morgan fingerprint density at radius 1 is 0.875 bits per heavy atom. The lowest BCUT2D eigenvalue weighted by Gasteiger charge is -2.21. The van der Waals surface area contributed by atoms with E-state index in [1.807, 2.05) is 44.2 Å². The van der Waals surface area contributed by atoms with Crippen LogP contribution >= 0.6 is 0 Å². The fourth-order valence-electron chi connectivity index (χ4n) is 3.69. The molecule has 0 unspecified atom stereocenters. The van der Waals surface area contributed by atoms with Crippen molar-refractivity contribution in [3.05, 3.63) is 95.9 Å². The predicted octanol–water partition coefficient (Wildman–Crippen LogP) is 5.03. The number of likely N-dealkylation sites (N-methyl/N-ethyl adjacent to an activating group) is 1. The maximum atomic E-state index is 13.9. The van der Waals surface area contributed by atoms with Gasteiger partial charge in [-0.05, 0) is 61.9 Å². The zero-order chi connectivity index (χ0) is 22.8. The summed E-state index contributed by atoms with van der Waals surface area (Å²) in [6, 6.07) is 21.8. The van der Waals surface area contributed by atoms with Crippen LogP contribution in [-0.4, -0.2) is 25.0 Å². The van der Waals surface area contributed by atoms with Crippen molar-refractivity contribution >= 4 is 28.8 Å². The third-order valence-electron chi connectivity index (χ3n) is 5.12. The molecule has 1 aliphatic rings. The van der Waals surface area contributed by atoms with Gasteiger partial charge >= 0.3 is 0 Å². The van der Waals surface area contributed by atoms with Crippen LogP contribution in [0.25, 0.3) is 5.57 Å². The highest BCUT2D eigenvalue weighted by Crippen LogP contribution is 2.36.